The highest BCUT2D eigenvalue weighted by atomic mass is 16.7. The minimum atomic E-state index is 0.161. The fourth-order valence-electron chi connectivity index (χ4n) is 1.70. The number of hydrogen-bond donors (Lipinski definition) is 1. The van der Waals surface area contributed by atoms with E-state index < -0.39 is 0 Å². The summed E-state index contributed by atoms with van der Waals surface area (Å²) < 4.78 is 0. The van der Waals surface area contributed by atoms with Crippen LogP contribution in [0.5, 0.6) is 0 Å². The van der Waals surface area contributed by atoms with Gasteiger partial charge >= 0.3 is 0 Å². The molecule has 0 radical (unpaired) electrons. The molecule has 0 aromatic heterocycles. The summed E-state index contributed by atoms with van der Waals surface area (Å²) in [5.74, 6) is 0.537. The van der Waals surface area contributed by atoms with Crippen LogP contribution < -0.4 is 5.48 Å². The van der Waals surface area contributed by atoms with Gasteiger partial charge in [-0.1, -0.05) is 0 Å². The van der Waals surface area contributed by atoms with Gasteiger partial charge in [0.05, 0.1) is 12.0 Å². The standard InChI is InChI=1S/C7H11NO2/c9-6-2-1-3-7-5(6)4-8-10-7/h5,7-8H,1-4H2. The molecule has 2 aliphatic rings. The van der Waals surface area contributed by atoms with E-state index in [1.807, 2.05) is 0 Å². The zero-order chi connectivity index (χ0) is 6.97. The highest BCUT2D eigenvalue weighted by molar-refractivity contribution is 5.82. The zero-order valence-corrected chi connectivity index (χ0v) is 5.80. The molecule has 10 heavy (non-hydrogen) atoms. The van der Waals surface area contributed by atoms with Gasteiger partial charge in [0.1, 0.15) is 5.78 Å². The van der Waals surface area contributed by atoms with Crippen molar-refractivity contribution in [1.82, 2.24) is 5.48 Å². The molecule has 0 bridgehead atoms. The Morgan fingerprint density at radius 3 is 3.30 bits per heavy atom. The summed E-state index contributed by atoms with van der Waals surface area (Å²) in [5, 5.41) is 0. The van der Waals surface area contributed by atoms with Crippen molar-refractivity contribution in [3.63, 3.8) is 0 Å². The molecule has 1 N–H and O–H groups in total. The molecule has 0 spiro atoms. The minimum absolute atomic E-state index is 0.161. The molecule has 1 saturated heterocycles. The first-order valence-corrected chi connectivity index (χ1v) is 3.79. The lowest BCUT2D eigenvalue weighted by atomic mass is 9.86. The normalized spacial score (nSPS) is 39.8. The molecule has 0 aromatic rings. The first-order chi connectivity index (χ1) is 4.88. The van der Waals surface area contributed by atoms with E-state index in [-0.39, 0.29) is 12.0 Å². The molecule has 1 heterocycles. The minimum Gasteiger partial charge on any atom is -0.299 e. The van der Waals surface area contributed by atoms with Crippen LogP contribution in [0.15, 0.2) is 0 Å². The van der Waals surface area contributed by atoms with E-state index in [0.717, 1.165) is 25.8 Å². The predicted octanol–water partition coefficient (Wildman–Crippen LogP) is 0.259. The molecular weight excluding hydrogens is 130 g/mol. The summed E-state index contributed by atoms with van der Waals surface area (Å²) >= 11 is 0. The number of carbonyl (C=O) groups is 1. The first-order valence-electron chi connectivity index (χ1n) is 3.79. The number of fused-ring (bicyclic) bond motifs is 1. The van der Waals surface area contributed by atoms with Crippen LogP contribution in [0.2, 0.25) is 0 Å². The maximum Gasteiger partial charge on any atom is 0.140 e. The Bertz CT molecular complexity index is 158. The van der Waals surface area contributed by atoms with Gasteiger partial charge in [0, 0.05) is 13.0 Å². The van der Waals surface area contributed by atoms with Crippen molar-refractivity contribution in [3.05, 3.63) is 0 Å². The van der Waals surface area contributed by atoms with Crippen LogP contribution in [0.25, 0.3) is 0 Å². The van der Waals surface area contributed by atoms with Gasteiger partial charge in [0.2, 0.25) is 0 Å². The van der Waals surface area contributed by atoms with Crippen LogP contribution in [0.3, 0.4) is 0 Å². The number of nitrogens with one attached hydrogen (secondary N) is 1. The van der Waals surface area contributed by atoms with Crippen LogP contribution >= 0.6 is 0 Å². The van der Waals surface area contributed by atoms with Crippen molar-refractivity contribution < 1.29 is 9.63 Å². The van der Waals surface area contributed by atoms with E-state index in [0.29, 0.717) is 5.78 Å². The average Bonchev–Trinajstić information content (AvgIpc) is 2.36. The first kappa shape index (κ1) is 6.31. The number of hydrogen-bond acceptors (Lipinski definition) is 3. The quantitative estimate of drug-likeness (QED) is 0.526. The molecule has 1 aliphatic carbocycles. The number of hydroxylamine groups is 1. The summed E-state index contributed by atoms with van der Waals surface area (Å²) in [6.07, 6.45) is 2.98. The molecule has 0 aromatic carbocycles. The molecule has 56 valence electrons. The predicted molar refractivity (Wildman–Crippen MR) is 35.2 cm³/mol. The van der Waals surface area contributed by atoms with Crippen molar-refractivity contribution >= 4 is 5.78 Å². The molecule has 3 heteroatoms. The Morgan fingerprint density at radius 2 is 2.50 bits per heavy atom. The number of ketones is 1. The third kappa shape index (κ3) is 0.859. The van der Waals surface area contributed by atoms with E-state index in [2.05, 4.69) is 5.48 Å². The van der Waals surface area contributed by atoms with Crippen molar-refractivity contribution in [2.24, 2.45) is 5.92 Å². The van der Waals surface area contributed by atoms with Crippen LogP contribution in [0, 0.1) is 5.92 Å². The molecule has 0 amide bonds. The van der Waals surface area contributed by atoms with Crippen LogP contribution in [0.4, 0.5) is 0 Å². The van der Waals surface area contributed by atoms with Crippen LogP contribution in [-0.2, 0) is 9.63 Å². The Kier molecular flexibility index (Phi) is 1.47. The van der Waals surface area contributed by atoms with Gasteiger partial charge in [-0.25, -0.2) is 5.48 Å². The van der Waals surface area contributed by atoms with E-state index in [4.69, 9.17) is 4.84 Å². The molecule has 1 aliphatic heterocycles. The summed E-state index contributed by atoms with van der Waals surface area (Å²) in [4.78, 5) is 16.3. The molecule has 1 saturated carbocycles. The molecule has 2 rings (SSSR count). The lowest BCUT2D eigenvalue weighted by molar-refractivity contribution is -0.127. The Hall–Kier alpha value is -0.410. The Morgan fingerprint density at radius 1 is 1.60 bits per heavy atom. The SMILES string of the molecule is O=C1CCCC2ONCC12. The summed E-state index contributed by atoms with van der Waals surface area (Å²) in [6.45, 7) is 0.726. The second-order valence-electron chi connectivity index (χ2n) is 2.97. The van der Waals surface area contributed by atoms with Crippen molar-refractivity contribution in [1.29, 1.82) is 0 Å². The maximum atomic E-state index is 11.2. The average molecular weight is 141 g/mol. The second-order valence-corrected chi connectivity index (χ2v) is 2.97. The highest BCUT2D eigenvalue weighted by Gasteiger charge is 2.36. The fraction of sp³-hybridized carbons (Fsp3) is 0.857. The molecular formula is C7H11NO2. The van der Waals surface area contributed by atoms with E-state index in [1.54, 1.807) is 0 Å². The smallest absolute Gasteiger partial charge is 0.140 e. The van der Waals surface area contributed by atoms with Crippen LogP contribution in [0.1, 0.15) is 19.3 Å². The third-order valence-electron chi connectivity index (χ3n) is 2.31. The zero-order valence-electron chi connectivity index (χ0n) is 5.80. The third-order valence-corrected chi connectivity index (χ3v) is 2.31. The summed E-state index contributed by atoms with van der Waals surface area (Å²) in [5.41, 5.74) is 2.77. The molecule has 3 nitrogen and oxygen atoms in total. The number of Topliss-reactive ketones (excluding diaryl/α,β-unsaturated/α-hetero) is 1. The summed E-state index contributed by atoms with van der Waals surface area (Å²) in [6, 6.07) is 0. The largest absolute Gasteiger partial charge is 0.299 e. The number of carbonyl (C=O) groups excluding carboxylic acids is 1. The van der Waals surface area contributed by atoms with Gasteiger partial charge in [0.25, 0.3) is 0 Å². The second kappa shape index (κ2) is 2.32. The Labute approximate surface area is 59.7 Å². The van der Waals surface area contributed by atoms with Crippen molar-refractivity contribution in [2.45, 2.75) is 25.4 Å². The van der Waals surface area contributed by atoms with Gasteiger partial charge in [0.15, 0.2) is 0 Å². The summed E-state index contributed by atoms with van der Waals surface area (Å²) in [7, 11) is 0. The van der Waals surface area contributed by atoms with Gasteiger partial charge in [-0.3, -0.25) is 9.63 Å². The number of rotatable bonds is 0. The molecule has 2 atom stereocenters. The van der Waals surface area contributed by atoms with E-state index in [1.165, 1.54) is 0 Å². The topological polar surface area (TPSA) is 38.3 Å². The van der Waals surface area contributed by atoms with Gasteiger partial charge in [-0.2, -0.15) is 0 Å². The Balaban J connectivity index is 2.10. The van der Waals surface area contributed by atoms with Gasteiger partial charge in [-0.05, 0) is 12.8 Å². The lowest BCUT2D eigenvalue weighted by Gasteiger charge is -2.20. The molecule has 2 unspecified atom stereocenters. The highest BCUT2D eigenvalue weighted by Crippen LogP contribution is 2.26. The van der Waals surface area contributed by atoms with Crippen LogP contribution in [-0.4, -0.2) is 18.4 Å². The fourth-order valence-corrected chi connectivity index (χ4v) is 1.70. The molecule has 2 fully saturated rings. The van der Waals surface area contributed by atoms with Crippen molar-refractivity contribution in [2.75, 3.05) is 6.54 Å². The monoisotopic (exact) mass is 141 g/mol. The van der Waals surface area contributed by atoms with E-state index in [9.17, 15) is 4.79 Å². The maximum absolute atomic E-state index is 11.2. The van der Waals surface area contributed by atoms with Gasteiger partial charge < -0.3 is 0 Å². The lowest BCUT2D eigenvalue weighted by Crippen LogP contribution is -2.30. The van der Waals surface area contributed by atoms with Crippen molar-refractivity contribution in [3.8, 4) is 0 Å². The van der Waals surface area contributed by atoms with E-state index >= 15 is 0 Å². The van der Waals surface area contributed by atoms with Gasteiger partial charge in [-0.15, -0.1) is 0 Å².